The molecule has 3 nitrogen and oxygen atoms in total. The first kappa shape index (κ1) is 13.0. The molecule has 0 fully saturated rings. The van der Waals surface area contributed by atoms with E-state index >= 15 is 0 Å². The first-order valence-electron chi connectivity index (χ1n) is 6.37. The molecule has 0 aliphatic heterocycles. The van der Waals surface area contributed by atoms with Gasteiger partial charge in [0.1, 0.15) is 5.82 Å². The number of nitrogens with zero attached hydrogens (tertiary/aromatic N) is 2. The fourth-order valence-corrected chi connectivity index (χ4v) is 2.61. The molecule has 0 spiro atoms. The van der Waals surface area contributed by atoms with Crippen molar-refractivity contribution in [1.29, 1.82) is 0 Å². The van der Waals surface area contributed by atoms with E-state index in [9.17, 15) is 0 Å². The lowest BCUT2D eigenvalue weighted by atomic mass is 10.2. The molecule has 18 heavy (non-hydrogen) atoms. The normalized spacial score (nSPS) is 12.8. The van der Waals surface area contributed by atoms with E-state index in [0.717, 1.165) is 24.2 Å². The maximum atomic E-state index is 5.67. The Morgan fingerprint density at radius 1 is 1.44 bits per heavy atom. The Morgan fingerprint density at radius 2 is 2.17 bits per heavy atom. The number of nitrogens with two attached hydrogens (primary N) is 1. The predicted molar refractivity (Wildman–Crippen MR) is 79.8 cm³/mol. The molecule has 96 valence electrons. The molecule has 0 radical (unpaired) electrons. The van der Waals surface area contributed by atoms with Gasteiger partial charge in [-0.25, -0.2) is 4.98 Å². The summed E-state index contributed by atoms with van der Waals surface area (Å²) in [6.45, 7) is 4.31. The summed E-state index contributed by atoms with van der Waals surface area (Å²) in [5, 5.41) is 0. The van der Waals surface area contributed by atoms with Gasteiger partial charge in [-0.15, -0.1) is 0 Å². The summed E-state index contributed by atoms with van der Waals surface area (Å²) in [7, 11) is 0. The van der Waals surface area contributed by atoms with Gasteiger partial charge >= 0.3 is 0 Å². The zero-order chi connectivity index (χ0) is 13.1. The number of aryl methyl sites for hydroxylation is 1. The zero-order valence-corrected chi connectivity index (χ0v) is 11.7. The number of benzene rings is 1. The van der Waals surface area contributed by atoms with Gasteiger partial charge in [0.25, 0.3) is 0 Å². The number of aromatic nitrogens is 2. The minimum Gasteiger partial charge on any atom is -0.393 e. The molecule has 1 heterocycles. The summed E-state index contributed by atoms with van der Waals surface area (Å²) in [5.74, 6) is 1.13. The Balaban J connectivity index is 2.50. The Labute approximate surface area is 113 Å². The van der Waals surface area contributed by atoms with Crippen LogP contribution in [0.3, 0.4) is 0 Å². The van der Waals surface area contributed by atoms with Crippen LogP contribution in [0.5, 0.6) is 0 Å². The van der Waals surface area contributed by atoms with Crippen LogP contribution in [0, 0.1) is 0 Å². The van der Waals surface area contributed by atoms with E-state index in [1.807, 2.05) is 12.1 Å². The molecule has 2 rings (SSSR count). The van der Waals surface area contributed by atoms with Gasteiger partial charge in [-0.2, -0.15) is 0 Å². The van der Waals surface area contributed by atoms with Crippen molar-refractivity contribution in [1.82, 2.24) is 9.55 Å². The van der Waals surface area contributed by atoms with Gasteiger partial charge < -0.3 is 10.3 Å². The second-order valence-electron chi connectivity index (χ2n) is 4.66. The number of fused-ring (bicyclic) bond motifs is 1. The van der Waals surface area contributed by atoms with Gasteiger partial charge in [0, 0.05) is 18.9 Å². The van der Waals surface area contributed by atoms with Crippen LogP contribution in [0.2, 0.25) is 0 Å². The Hall–Kier alpha value is -1.42. The molecular formula is C14H19N3S. The first-order chi connectivity index (χ1) is 8.63. The average Bonchev–Trinajstić information content (AvgIpc) is 2.66. The van der Waals surface area contributed by atoms with E-state index in [0.29, 0.717) is 11.4 Å². The van der Waals surface area contributed by atoms with Crippen LogP contribution in [-0.4, -0.2) is 14.5 Å². The molecule has 1 unspecified atom stereocenters. The monoisotopic (exact) mass is 261 g/mol. The first-order valence-corrected chi connectivity index (χ1v) is 6.78. The van der Waals surface area contributed by atoms with Crippen LogP contribution in [0.4, 0.5) is 0 Å². The molecule has 1 atom stereocenters. The minimum absolute atomic E-state index is 0.261. The summed E-state index contributed by atoms with van der Waals surface area (Å²) in [5.41, 5.74) is 7.89. The van der Waals surface area contributed by atoms with Gasteiger partial charge in [0.05, 0.1) is 16.0 Å². The highest BCUT2D eigenvalue weighted by molar-refractivity contribution is 7.80. The van der Waals surface area contributed by atoms with Crippen LogP contribution >= 0.6 is 12.2 Å². The molecular weight excluding hydrogens is 242 g/mol. The predicted octanol–water partition coefficient (Wildman–Crippen LogP) is 3.23. The molecule has 0 aliphatic carbocycles. The molecule has 1 aromatic heterocycles. The Morgan fingerprint density at radius 3 is 2.83 bits per heavy atom. The Kier molecular flexibility index (Phi) is 3.97. The van der Waals surface area contributed by atoms with E-state index in [4.69, 9.17) is 22.9 Å². The standard InChI is InChI=1S/C14H19N3S/c1-3-6-14-16-11-7-4-5-8-12(11)17(14)10(2)9-13(15)18/h4-5,7-8,10H,3,6,9H2,1-2H3,(H2,15,18). The van der Waals surface area contributed by atoms with Crippen molar-refractivity contribution >= 4 is 28.2 Å². The lowest BCUT2D eigenvalue weighted by molar-refractivity contribution is 0.553. The molecule has 2 N–H and O–H groups in total. The summed E-state index contributed by atoms with van der Waals surface area (Å²) in [6, 6.07) is 8.49. The van der Waals surface area contributed by atoms with Crippen LogP contribution in [0.25, 0.3) is 11.0 Å². The third-order valence-corrected chi connectivity index (χ3v) is 3.25. The van der Waals surface area contributed by atoms with Crippen molar-refractivity contribution in [2.24, 2.45) is 5.73 Å². The number of hydrogen-bond donors (Lipinski definition) is 1. The maximum absolute atomic E-state index is 5.67. The molecule has 0 saturated carbocycles. The molecule has 0 amide bonds. The molecule has 2 aromatic rings. The topological polar surface area (TPSA) is 43.8 Å². The van der Waals surface area contributed by atoms with Gasteiger partial charge in [-0.1, -0.05) is 31.3 Å². The van der Waals surface area contributed by atoms with Crippen molar-refractivity contribution in [2.75, 3.05) is 0 Å². The van der Waals surface area contributed by atoms with Crippen molar-refractivity contribution in [3.63, 3.8) is 0 Å². The highest BCUT2D eigenvalue weighted by Crippen LogP contribution is 2.23. The number of thiocarbonyl (C=S) groups is 1. The van der Waals surface area contributed by atoms with E-state index < -0.39 is 0 Å². The second kappa shape index (κ2) is 5.48. The average molecular weight is 261 g/mol. The van der Waals surface area contributed by atoms with Crippen molar-refractivity contribution < 1.29 is 0 Å². The van der Waals surface area contributed by atoms with Crippen LogP contribution < -0.4 is 5.73 Å². The molecule has 0 saturated heterocycles. The number of imidazole rings is 1. The quantitative estimate of drug-likeness (QED) is 0.840. The minimum atomic E-state index is 0.261. The van der Waals surface area contributed by atoms with Gasteiger partial charge in [-0.3, -0.25) is 0 Å². The number of para-hydroxylation sites is 2. The summed E-state index contributed by atoms with van der Waals surface area (Å²) >= 11 is 5.02. The molecule has 0 aliphatic rings. The fraction of sp³-hybridized carbons (Fsp3) is 0.429. The summed E-state index contributed by atoms with van der Waals surface area (Å²) in [6.07, 6.45) is 2.78. The van der Waals surface area contributed by atoms with Gasteiger partial charge in [0.2, 0.25) is 0 Å². The van der Waals surface area contributed by atoms with Crippen molar-refractivity contribution in [2.45, 2.75) is 39.2 Å². The van der Waals surface area contributed by atoms with E-state index in [-0.39, 0.29) is 6.04 Å². The lowest BCUT2D eigenvalue weighted by Crippen LogP contribution is -2.17. The summed E-state index contributed by atoms with van der Waals surface area (Å²) < 4.78 is 2.28. The Bertz CT molecular complexity index is 559. The SMILES string of the molecule is CCCc1nc2ccccc2n1C(C)CC(N)=S. The lowest BCUT2D eigenvalue weighted by Gasteiger charge is -2.16. The third-order valence-electron chi connectivity index (χ3n) is 3.08. The highest BCUT2D eigenvalue weighted by atomic mass is 32.1. The van der Waals surface area contributed by atoms with Crippen molar-refractivity contribution in [3.05, 3.63) is 30.1 Å². The molecule has 1 aromatic carbocycles. The van der Waals surface area contributed by atoms with Crippen molar-refractivity contribution in [3.8, 4) is 0 Å². The molecule has 0 bridgehead atoms. The van der Waals surface area contributed by atoms with E-state index in [2.05, 4.69) is 30.5 Å². The highest BCUT2D eigenvalue weighted by Gasteiger charge is 2.15. The smallest absolute Gasteiger partial charge is 0.110 e. The van der Waals surface area contributed by atoms with Gasteiger partial charge in [0.15, 0.2) is 0 Å². The third kappa shape index (κ3) is 2.53. The van der Waals surface area contributed by atoms with Gasteiger partial charge in [-0.05, 0) is 25.5 Å². The summed E-state index contributed by atoms with van der Waals surface area (Å²) in [4.78, 5) is 5.27. The van der Waals surface area contributed by atoms with Crippen LogP contribution in [0.1, 0.15) is 38.6 Å². The van der Waals surface area contributed by atoms with Crippen LogP contribution in [-0.2, 0) is 6.42 Å². The number of hydrogen-bond acceptors (Lipinski definition) is 2. The maximum Gasteiger partial charge on any atom is 0.110 e. The zero-order valence-electron chi connectivity index (χ0n) is 10.9. The van der Waals surface area contributed by atoms with Crippen LogP contribution in [0.15, 0.2) is 24.3 Å². The van der Waals surface area contributed by atoms with E-state index in [1.54, 1.807) is 0 Å². The molecule has 4 heteroatoms. The number of rotatable bonds is 5. The fourth-order valence-electron chi connectivity index (χ4n) is 2.37. The second-order valence-corrected chi connectivity index (χ2v) is 5.18. The van der Waals surface area contributed by atoms with E-state index in [1.165, 1.54) is 5.52 Å². The largest absolute Gasteiger partial charge is 0.393 e.